The van der Waals surface area contributed by atoms with Crippen LogP contribution < -0.4 is 4.80 Å². The molecule has 29 heavy (non-hydrogen) atoms. The van der Waals surface area contributed by atoms with Gasteiger partial charge in [0.15, 0.2) is 4.80 Å². The standard InChI is InChI=1S/C17H16N4O5S3/c1-19-13-10-11(21(23)24)6-7-14(13)28-17(19)18-16(22)12-4-2-8-20(12)29(25,26)15-5-3-9-27-15/h3,5-7,9-10,12H,2,4,8H2,1H3. The molecule has 1 fully saturated rings. The van der Waals surface area contributed by atoms with Crippen molar-refractivity contribution in [1.29, 1.82) is 0 Å². The third-order valence-corrected chi connectivity index (χ3v) is 9.15. The number of nitrogens with zero attached hydrogens (tertiary/aromatic N) is 4. The first-order valence-electron chi connectivity index (χ1n) is 8.67. The first kappa shape index (κ1) is 19.9. The van der Waals surface area contributed by atoms with E-state index < -0.39 is 26.9 Å². The Morgan fingerprint density at radius 3 is 2.83 bits per heavy atom. The van der Waals surface area contributed by atoms with Gasteiger partial charge in [-0.05, 0) is 30.4 Å². The lowest BCUT2D eigenvalue weighted by atomic mass is 10.2. The van der Waals surface area contributed by atoms with Crippen LogP contribution in [0.3, 0.4) is 0 Å². The van der Waals surface area contributed by atoms with Crippen molar-refractivity contribution in [3.8, 4) is 0 Å². The minimum atomic E-state index is -3.74. The summed E-state index contributed by atoms with van der Waals surface area (Å²) >= 11 is 2.34. The van der Waals surface area contributed by atoms with Crippen molar-refractivity contribution in [1.82, 2.24) is 8.87 Å². The predicted octanol–water partition coefficient (Wildman–Crippen LogP) is 2.49. The van der Waals surface area contributed by atoms with Crippen molar-refractivity contribution < 1.29 is 18.1 Å². The minimum absolute atomic E-state index is 0.0483. The van der Waals surface area contributed by atoms with Gasteiger partial charge in [0, 0.05) is 25.7 Å². The SMILES string of the molecule is Cn1c(=NC(=O)C2CCCN2S(=O)(=O)c2cccs2)sc2ccc([N+](=O)[O-])cc21. The molecule has 1 atom stereocenters. The molecule has 3 aromatic rings. The number of thiophene rings is 1. The molecule has 0 aliphatic carbocycles. The van der Waals surface area contributed by atoms with Gasteiger partial charge in [0.05, 0.1) is 15.1 Å². The van der Waals surface area contributed by atoms with Crippen LogP contribution in [0.15, 0.2) is 44.9 Å². The van der Waals surface area contributed by atoms with E-state index >= 15 is 0 Å². The summed E-state index contributed by atoms with van der Waals surface area (Å²) in [6.45, 7) is 0.275. The molecule has 9 nitrogen and oxygen atoms in total. The molecule has 1 aromatic carbocycles. The molecule has 4 rings (SSSR count). The summed E-state index contributed by atoms with van der Waals surface area (Å²) in [4.78, 5) is 27.9. The number of nitro groups is 1. The van der Waals surface area contributed by atoms with Crippen molar-refractivity contribution in [2.45, 2.75) is 23.1 Å². The van der Waals surface area contributed by atoms with Gasteiger partial charge in [0.1, 0.15) is 10.3 Å². The number of benzene rings is 1. The molecule has 1 amide bonds. The van der Waals surface area contributed by atoms with E-state index in [1.165, 1.54) is 33.8 Å². The Kier molecular flexibility index (Phi) is 5.11. The summed E-state index contributed by atoms with van der Waals surface area (Å²) in [5, 5.41) is 12.7. The second kappa shape index (κ2) is 7.44. The van der Waals surface area contributed by atoms with E-state index in [0.717, 1.165) is 16.0 Å². The highest BCUT2D eigenvalue weighted by Gasteiger charge is 2.39. The van der Waals surface area contributed by atoms with E-state index in [4.69, 9.17) is 0 Å². The number of nitro benzene ring substituents is 1. The van der Waals surface area contributed by atoms with Crippen LogP contribution in [-0.2, 0) is 21.9 Å². The van der Waals surface area contributed by atoms with E-state index in [9.17, 15) is 23.3 Å². The highest BCUT2D eigenvalue weighted by Crippen LogP contribution is 2.29. The van der Waals surface area contributed by atoms with Crippen molar-refractivity contribution in [3.05, 3.63) is 50.6 Å². The fourth-order valence-electron chi connectivity index (χ4n) is 3.30. The Bertz CT molecular complexity index is 1270. The number of sulfonamides is 1. The van der Waals surface area contributed by atoms with Gasteiger partial charge in [-0.3, -0.25) is 14.9 Å². The predicted molar refractivity (Wildman–Crippen MR) is 109 cm³/mol. The van der Waals surface area contributed by atoms with Crippen LogP contribution in [0.4, 0.5) is 5.69 Å². The van der Waals surface area contributed by atoms with Crippen LogP contribution in [0.1, 0.15) is 12.8 Å². The molecule has 1 aliphatic heterocycles. The molecule has 1 unspecified atom stereocenters. The van der Waals surface area contributed by atoms with Gasteiger partial charge in [-0.15, -0.1) is 11.3 Å². The maximum absolute atomic E-state index is 12.9. The van der Waals surface area contributed by atoms with E-state index in [2.05, 4.69) is 4.99 Å². The van der Waals surface area contributed by atoms with E-state index in [1.54, 1.807) is 29.1 Å². The van der Waals surface area contributed by atoms with Crippen LogP contribution in [0.5, 0.6) is 0 Å². The molecule has 3 heterocycles. The number of non-ortho nitro benzene ring substituents is 1. The van der Waals surface area contributed by atoms with Gasteiger partial charge in [-0.1, -0.05) is 17.4 Å². The number of thiazole rings is 1. The van der Waals surface area contributed by atoms with E-state index in [-0.39, 0.29) is 16.4 Å². The normalized spacial score (nSPS) is 18.5. The first-order valence-corrected chi connectivity index (χ1v) is 11.8. The number of rotatable bonds is 4. The quantitative estimate of drug-likeness (QED) is 0.446. The van der Waals surface area contributed by atoms with Crippen LogP contribution >= 0.6 is 22.7 Å². The molecule has 152 valence electrons. The third kappa shape index (κ3) is 3.52. The molecule has 0 radical (unpaired) electrons. The lowest BCUT2D eigenvalue weighted by Gasteiger charge is -2.20. The second-order valence-electron chi connectivity index (χ2n) is 6.51. The summed E-state index contributed by atoms with van der Waals surface area (Å²) < 4.78 is 29.5. The zero-order valence-corrected chi connectivity index (χ0v) is 17.7. The van der Waals surface area contributed by atoms with Gasteiger partial charge in [0.2, 0.25) is 0 Å². The Labute approximate surface area is 173 Å². The molecular weight excluding hydrogens is 436 g/mol. The topological polar surface area (TPSA) is 115 Å². The summed E-state index contributed by atoms with van der Waals surface area (Å²) in [7, 11) is -2.07. The first-order chi connectivity index (χ1) is 13.8. The second-order valence-corrected chi connectivity index (χ2v) is 10.6. The number of hydrogen-bond donors (Lipinski definition) is 0. The van der Waals surface area contributed by atoms with Gasteiger partial charge in [-0.25, -0.2) is 8.42 Å². The maximum Gasteiger partial charge on any atom is 0.271 e. The Hall–Kier alpha value is -2.41. The Balaban J connectivity index is 1.70. The number of carbonyl (C=O) groups is 1. The van der Waals surface area contributed by atoms with E-state index in [1.807, 2.05) is 0 Å². The molecule has 1 saturated heterocycles. The van der Waals surface area contributed by atoms with Crippen LogP contribution in [0.25, 0.3) is 10.2 Å². The molecule has 2 aromatic heterocycles. The summed E-state index contributed by atoms with van der Waals surface area (Å²) in [6, 6.07) is 6.78. The van der Waals surface area contributed by atoms with Gasteiger partial charge in [0.25, 0.3) is 21.6 Å². The molecule has 0 saturated carbocycles. The highest BCUT2D eigenvalue weighted by molar-refractivity contribution is 7.91. The average molecular weight is 453 g/mol. The zero-order valence-electron chi connectivity index (χ0n) is 15.2. The summed E-state index contributed by atoms with van der Waals surface area (Å²) in [6.07, 6.45) is 0.994. The molecule has 1 aliphatic rings. The molecular formula is C17H16N4O5S3. The van der Waals surface area contributed by atoms with Crippen LogP contribution in [0.2, 0.25) is 0 Å². The summed E-state index contributed by atoms with van der Waals surface area (Å²) in [5.41, 5.74) is 0.540. The molecule has 0 spiro atoms. The largest absolute Gasteiger partial charge is 0.319 e. The van der Waals surface area contributed by atoms with E-state index in [0.29, 0.717) is 23.2 Å². The van der Waals surface area contributed by atoms with Gasteiger partial charge >= 0.3 is 0 Å². The number of carbonyl (C=O) groups excluding carboxylic acids is 1. The maximum atomic E-state index is 12.9. The van der Waals surface area contributed by atoms with Crippen molar-refractivity contribution in [2.24, 2.45) is 12.0 Å². The Morgan fingerprint density at radius 1 is 1.34 bits per heavy atom. The molecule has 0 N–H and O–H groups in total. The lowest BCUT2D eigenvalue weighted by molar-refractivity contribution is -0.384. The summed E-state index contributed by atoms with van der Waals surface area (Å²) in [5.74, 6) is -0.528. The highest BCUT2D eigenvalue weighted by atomic mass is 32.2. The van der Waals surface area contributed by atoms with Gasteiger partial charge in [-0.2, -0.15) is 9.30 Å². The number of hydrogen-bond acceptors (Lipinski definition) is 7. The van der Waals surface area contributed by atoms with Crippen molar-refractivity contribution >= 4 is 54.5 Å². The Morgan fingerprint density at radius 2 is 2.14 bits per heavy atom. The van der Waals surface area contributed by atoms with Crippen LogP contribution in [0, 0.1) is 10.1 Å². The lowest BCUT2D eigenvalue weighted by Crippen LogP contribution is -2.40. The third-order valence-electron chi connectivity index (χ3n) is 4.76. The van der Waals surface area contributed by atoms with Crippen molar-refractivity contribution in [3.63, 3.8) is 0 Å². The number of aromatic nitrogens is 1. The monoisotopic (exact) mass is 452 g/mol. The number of fused-ring (bicyclic) bond motifs is 1. The fourth-order valence-corrected chi connectivity index (χ4v) is 7.08. The number of aryl methyl sites for hydroxylation is 1. The molecule has 12 heteroatoms. The van der Waals surface area contributed by atoms with Gasteiger partial charge < -0.3 is 4.57 Å². The fraction of sp³-hybridized carbons (Fsp3) is 0.294. The van der Waals surface area contributed by atoms with Crippen LogP contribution in [-0.4, -0.2) is 40.7 Å². The number of amides is 1. The average Bonchev–Trinajstić information content (AvgIpc) is 3.43. The smallest absolute Gasteiger partial charge is 0.271 e. The zero-order chi connectivity index (χ0) is 20.8. The molecule has 0 bridgehead atoms. The van der Waals surface area contributed by atoms with Crippen molar-refractivity contribution in [2.75, 3.05) is 6.54 Å². The minimum Gasteiger partial charge on any atom is -0.319 e.